The fourth-order valence-corrected chi connectivity index (χ4v) is 2.11. The van der Waals surface area contributed by atoms with Crippen molar-refractivity contribution in [1.29, 1.82) is 0 Å². The highest BCUT2D eigenvalue weighted by Gasteiger charge is 2.33. The summed E-state index contributed by atoms with van der Waals surface area (Å²) in [5, 5.41) is 9.01. The van der Waals surface area contributed by atoms with Crippen LogP contribution in [0.3, 0.4) is 0 Å². The average molecular weight is 226 g/mol. The smallest absolute Gasteiger partial charge is 0.307 e. The molecule has 1 aliphatic carbocycles. The number of carbonyl (C=O) groups is 2. The van der Waals surface area contributed by atoms with E-state index in [9.17, 15) is 9.59 Å². The van der Waals surface area contributed by atoms with Crippen LogP contribution in [-0.2, 0) is 14.3 Å². The number of hydrogen-bond acceptors (Lipinski definition) is 3. The molecule has 1 N–H and O–H groups in total. The third-order valence-electron chi connectivity index (χ3n) is 2.94. The number of carboxylic acid groups (broad SMARTS) is 1. The van der Waals surface area contributed by atoms with Crippen LogP contribution in [0.15, 0.2) is 11.8 Å². The van der Waals surface area contributed by atoms with Gasteiger partial charge in [-0.1, -0.05) is 6.92 Å². The summed E-state index contributed by atoms with van der Waals surface area (Å²) in [6.07, 6.45) is 3.19. The van der Waals surface area contributed by atoms with Crippen LogP contribution in [0.2, 0.25) is 0 Å². The standard InChI is InChI=1S/C12H18O4/c1-3-9(12(14)15)10-6-5-8(16-4-2)7-11(10)13/h7,9-10H,3-6H2,1-2H3,(H,14,15). The van der Waals surface area contributed by atoms with Crippen molar-refractivity contribution in [2.24, 2.45) is 11.8 Å². The summed E-state index contributed by atoms with van der Waals surface area (Å²) in [6.45, 7) is 4.21. The van der Waals surface area contributed by atoms with Crippen molar-refractivity contribution in [3.8, 4) is 0 Å². The Kier molecular flexibility index (Phi) is 4.52. The molecule has 0 amide bonds. The molecule has 0 aliphatic heterocycles. The Morgan fingerprint density at radius 2 is 2.31 bits per heavy atom. The molecule has 0 radical (unpaired) electrons. The number of carbonyl (C=O) groups excluding carboxylic acids is 1. The molecule has 4 heteroatoms. The van der Waals surface area contributed by atoms with Gasteiger partial charge in [0, 0.05) is 18.4 Å². The second-order valence-electron chi connectivity index (χ2n) is 3.94. The first-order valence-corrected chi connectivity index (χ1v) is 5.70. The molecule has 0 bridgehead atoms. The molecule has 0 heterocycles. The van der Waals surface area contributed by atoms with Gasteiger partial charge in [0.1, 0.15) is 0 Å². The van der Waals surface area contributed by atoms with Crippen LogP contribution < -0.4 is 0 Å². The minimum atomic E-state index is -0.880. The molecule has 0 aromatic rings. The summed E-state index contributed by atoms with van der Waals surface area (Å²) in [4.78, 5) is 22.7. The highest BCUT2D eigenvalue weighted by atomic mass is 16.5. The van der Waals surface area contributed by atoms with Crippen molar-refractivity contribution in [3.05, 3.63) is 11.8 Å². The maximum Gasteiger partial charge on any atom is 0.307 e. The van der Waals surface area contributed by atoms with E-state index < -0.39 is 11.9 Å². The molecule has 0 saturated heterocycles. The molecule has 16 heavy (non-hydrogen) atoms. The predicted molar refractivity (Wildman–Crippen MR) is 58.9 cm³/mol. The Balaban J connectivity index is 2.73. The topological polar surface area (TPSA) is 63.6 Å². The fourth-order valence-electron chi connectivity index (χ4n) is 2.11. The van der Waals surface area contributed by atoms with E-state index in [2.05, 4.69) is 0 Å². The van der Waals surface area contributed by atoms with E-state index in [4.69, 9.17) is 9.84 Å². The largest absolute Gasteiger partial charge is 0.498 e. The monoisotopic (exact) mass is 226 g/mol. The molecular weight excluding hydrogens is 208 g/mol. The van der Waals surface area contributed by atoms with Gasteiger partial charge >= 0.3 is 5.97 Å². The number of carboxylic acids is 1. The Morgan fingerprint density at radius 3 is 2.75 bits per heavy atom. The second-order valence-corrected chi connectivity index (χ2v) is 3.94. The van der Waals surface area contributed by atoms with E-state index in [-0.39, 0.29) is 11.7 Å². The molecule has 0 fully saturated rings. The fraction of sp³-hybridized carbons (Fsp3) is 0.667. The summed E-state index contributed by atoms with van der Waals surface area (Å²) in [5.41, 5.74) is 0. The van der Waals surface area contributed by atoms with Gasteiger partial charge in [-0.05, 0) is 19.8 Å². The van der Waals surface area contributed by atoms with E-state index in [1.165, 1.54) is 6.08 Å². The first kappa shape index (κ1) is 12.7. The summed E-state index contributed by atoms with van der Waals surface area (Å²) in [7, 11) is 0. The molecule has 0 aromatic carbocycles. The van der Waals surface area contributed by atoms with Gasteiger partial charge in [0.05, 0.1) is 18.3 Å². The summed E-state index contributed by atoms with van der Waals surface area (Å²) >= 11 is 0. The van der Waals surface area contributed by atoms with Crippen molar-refractivity contribution < 1.29 is 19.4 Å². The number of allylic oxidation sites excluding steroid dienone is 2. The molecule has 2 atom stereocenters. The van der Waals surface area contributed by atoms with Crippen LogP contribution in [0.25, 0.3) is 0 Å². The first-order chi connectivity index (χ1) is 7.60. The first-order valence-electron chi connectivity index (χ1n) is 5.70. The Labute approximate surface area is 95.3 Å². The summed E-state index contributed by atoms with van der Waals surface area (Å²) in [5.74, 6) is -1.25. The molecule has 2 unspecified atom stereocenters. The minimum absolute atomic E-state index is 0.107. The van der Waals surface area contributed by atoms with Gasteiger partial charge in [-0.25, -0.2) is 0 Å². The molecule has 0 saturated carbocycles. The van der Waals surface area contributed by atoms with Gasteiger partial charge in [0.2, 0.25) is 0 Å². The maximum atomic E-state index is 11.8. The van der Waals surface area contributed by atoms with E-state index in [0.717, 1.165) is 0 Å². The second kappa shape index (κ2) is 5.68. The Hall–Kier alpha value is -1.32. The zero-order valence-corrected chi connectivity index (χ0v) is 9.73. The summed E-state index contributed by atoms with van der Waals surface area (Å²) < 4.78 is 5.27. The van der Waals surface area contributed by atoms with Crippen molar-refractivity contribution in [3.63, 3.8) is 0 Å². The molecule has 4 nitrogen and oxygen atoms in total. The SMILES string of the molecule is CCOC1=CC(=O)C(C(CC)C(=O)O)CC1. The quantitative estimate of drug-likeness (QED) is 0.778. The highest BCUT2D eigenvalue weighted by Crippen LogP contribution is 2.29. The predicted octanol–water partition coefficient (Wildman–Crippen LogP) is 2.00. The Bertz CT molecular complexity index is 306. The van der Waals surface area contributed by atoms with Crippen molar-refractivity contribution in [1.82, 2.24) is 0 Å². The molecule has 0 spiro atoms. The van der Waals surface area contributed by atoms with Gasteiger partial charge < -0.3 is 9.84 Å². The summed E-state index contributed by atoms with van der Waals surface area (Å²) in [6, 6.07) is 0. The number of rotatable bonds is 5. The number of ether oxygens (including phenoxy) is 1. The van der Waals surface area contributed by atoms with Crippen LogP contribution in [-0.4, -0.2) is 23.5 Å². The lowest BCUT2D eigenvalue weighted by atomic mass is 9.80. The van der Waals surface area contributed by atoms with E-state index in [1.807, 2.05) is 6.92 Å². The zero-order valence-electron chi connectivity index (χ0n) is 9.73. The van der Waals surface area contributed by atoms with Gasteiger partial charge in [0.15, 0.2) is 5.78 Å². The lowest BCUT2D eigenvalue weighted by Gasteiger charge is -2.24. The molecule has 1 aliphatic rings. The van der Waals surface area contributed by atoms with Crippen LogP contribution in [0.4, 0.5) is 0 Å². The van der Waals surface area contributed by atoms with Crippen LogP contribution in [0.1, 0.15) is 33.1 Å². The van der Waals surface area contributed by atoms with Crippen LogP contribution in [0, 0.1) is 11.8 Å². The maximum absolute atomic E-state index is 11.8. The third kappa shape index (κ3) is 2.84. The van der Waals surface area contributed by atoms with Gasteiger partial charge in [-0.15, -0.1) is 0 Å². The third-order valence-corrected chi connectivity index (χ3v) is 2.94. The number of aliphatic carboxylic acids is 1. The van der Waals surface area contributed by atoms with Crippen molar-refractivity contribution in [2.75, 3.05) is 6.61 Å². The minimum Gasteiger partial charge on any atom is -0.498 e. The van der Waals surface area contributed by atoms with Gasteiger partial charge in [-0.3, -0.25) is 9.59 Å². The highest BCUT2D eigenvalue weighted by molar-refractivity contribution is 5.95. The lowest BCUT2D eigenvalue weighted by molar-refractivity contribution is -0.146. The number of hydrogen-bond donors (Lipinski definition) is 1. The average Bonchev–Trinajstić information content (AvgIpc) is 2.22. The number of ketones is 1. The zero-order chi connectivity index (χ0) is 12.1. The normalized spacial score (nSPS) is 22.5. The van der Waals surface area contributed by atoms with E-state index in [0.29, 0.717) is 31.6 Å². The molecule has 1 rings (SSSR count). The van der Waals surface area contributed by atoms with Gasteiger partial charge in [-0.2, -0.15) is 0 Å². The van der Waals surface area contributed by atoms with E-state index >= 15 is 0 Å². The van der Waals surface area contributed by atoms with E-state index in [1.54, 1.807) is 6.92 Å². The Morgan fingerprint density at radius 1 is 1.62 bits per heavy atom. The van der Waals surface area contributed by atoms with Crippen molar-refractivity contribution >= 4 is 11.8 Å². The molecule has 90 valence electrons. The molecular formula is C12H18O4. The van der Waals surface area contributed by atoms with Crippen molar-refractivity contribution in [2.45, 2.75) is 33.1 Å². The lowest BCUT2D eigenvalue weighted by Crippen LogP contribution is -2.31. The molecule has 0 aromatic heterocycles. The van der Waals surface area contributed by atoms with Gasteiger partial charge in [0.25, 0.3) is 0 Å². The van der Waals surface area contributed by atoms with Crippen LogP contribution >= 0.6 is 0 Å². The van der Waals surface area contributed by atoms with Crippen LogP contribution in [0.5, 0.6) is 0 Å².